The number of guanidine groups is 1. The number of rotatable bonds is 13. The number of nitrogens with one attached hydrogen (secondary N) is 3. The summed E-state index contributed by atoms with van der Waals surface area (Å²) in [6, 6.07) is -3.42. The van der Waals surface area contributed by atoms with Gasteiger partial charge in [0, 0.05) is 6.54 Å². The Morgan fingerprint density at radius 3 is 2.31 bits per heavy atom. The van der Waals surface area contributed by atoms with Gasteiger partial charge in [-0.2, -0.15) is 0 Å². The number of aliphatic hydroxyl groups excluding tert-OH is 1. The number of carbonyl (C=O) groups is 4. The van der Waals surface area contributed by atoms with Crippen LogP contribution in [0.2, 0.25) is 0 Å². The molecule has 16 heteroatoms. The Hall–Kier alpha value is -4.08. The maximum Gasteiger partial charge on any atom is 0.329 e. The Labute approximate surface area is 179 Å². The summed E-state index contributed by atoms with van der Waals surface area (Å²) in [4.78, 5) is 64.5. The number of aromatic amines is 1. The zero-order valence-electron chi connectivity index (χ0n) is 16.8. The van der Waals surface area contributed by atoms with Crippen molar-refractivity contribution in [2.45, 2.75) is 37.9 Å². The molecule has 1 heterocycles. The number of carboxylic acid groups (broad SMARTS) is 2. The molecule has 11 N–H and O–H groups in total. The minimum absolute atomic E-state index is 0.112. The number of H-pyrrole nitrogens is 1. The summed E-state index contributed by atoms with van der Waals surface area (Å²) < 4.78 is 0.661. The number of hydrogen-bond acceptors (Lipinski definition) is 8. The zero-order valence-corrected chi connectivity index (χ0v) is 16.8. The molecule has 0 bridgehead atoms. The van der Waals surface area contributed by atoms with Gasteiger partial charge in [0.25, 0.3) is 0 Å². The maximum atomic E-state index is 12.3. The van der Waals surface area contributed by atoms with E-state index >= 15 is 0 Å². The molecule has 0 aromatic carbocycles. The molecule has 32 heavy (non-hydrogen) atoms. The Morgan fingerprint density at radius 2 is 1.78 bits per heavy atom. The second-order valence-corrected chi connectivity index (χ2v) is 6.53. The van der Waals surface area contributed by atoms with E-state index in [2.05, 4.69) is 15.3 Å². The lowest BCUT2D eigenvalue weighted by molar-refractivity contribution is -0.144. The average Bonchev–Trinajstić information content (AvgIpc) is 2.95. The van der Waals surface area contributed by atoms with E-state index in [0.29, 0.717) is 11.0 Å². The Bertz CT molecular complexity index is 933. The molecule has 1 rings (SSSR count). The van der Waals surface area contributed by atoms with E-state index in [9.17, 15) is 29.1 Å². The first-order valence-corrected chi connectivity index (χ1v) is 9.17. The molecule has 0 aliphatic heterocycles. The first-order valence-electron chi connectivity index (χ1n) is 9.17. The van der Waals surface area contributed by atoms with E-state index in [-0.39, 0.29) is 24.6 Å². The molecule has 2 atom stereocenters. The number of aromatic nitrogens is 2. The van der Waals surface area contributed by atoms with Gasteiger partial charge in [0.05, 0.1) is 18.7 Å². The number of aliphatic imine (C=N–C) groups is 1. The van der Waals surface area contributed by atoms with Gasteiger partial charge in [-0.15, -0.1) is 0 Å². The summed E-state index contributed by atoms with van der Waals surface area (Å²) in [7, 11) is 0. The number of amides is 2. The number of carbonyl (C=O) groups excluding carboxylic acids is 2. The normalized spacial score (nSPS) is 12.4. The highest BCUT2D eigenvalue weighted by Crippen LogP contribution is 2.14. The molecule has 0 radical (unpaired) electrons. The molecule has 0 unspecified atom stereocenters. The van der Waals surface area contributed by atoms with E-state index in [4.69, 9.17) is 26.8 Å². The molecule has 1 aromatic heterocycles. The van der Waals surface area contributed by atoms with Crippen molar-refractivity contribution >= 4 is 29.7 Å². The van der Waals surface area contributed by atoms with E-state index < -0.39 is 67.0 Å². The lowest BCUT2D eigenvalue weighted by Gasteiger charge is -2.19. The average molecular weight is 459 g/mol. The van der Waals surface area contributed by atoms with Crippen molar-refractivity contribution in [3.63, 3.8) is 0 Å². The summed E-state index contributed by atoms with van der Waals surface area (Å²) in [6.07, 6.45) is -0.359. The van der Waals surface area contributed by atoms with E-state index in [1.165, 1.54) is 0 Å². The second-order valence-electron chi connectivity index (χ2n) is 6.53. The third-order valence-corrected chi connectivity index (χ3v) is 4.04. The van der Waals surface area contributed by atoms with Crippen LogP contribution in [0.5, 0.6) is 5.88 Å². The first-order chi connectivity index (χ1) is 15.0. The van der Waals surface area contributed by atoms with Gasteiger partial charge >= 0.3 is 17.6 Å². The van der Waals surface area contributed by atoms with Crippen LogP contribution >= 0.6 is 0 Å². The van der Waals surface area contributed by atoms with Crippen molar-refractivity contribution in [3.05, 3.63) is 16.2 Å². The third kappa shape index (κ3) is 7.98. The predicted octanol–water partition coefficient (Wildman–Crippen LogP) is -4.39. The van der Waals surface area contributed by atoms with Crippen LogP contribution in [0.4, 0.5) is 0 Å². The van der Waals surface area contributed by atoms with Crippen LogP contribution in [-0.2, 0) is 32.1 Å². The molecule has 0 aliphatic rings. The van der Waals surface area contributed by atoms with Crippen LogP contribution in [0.3, 0.4) is 0 Å². The van der Waals surface area contributed by atoms with Gasteiger partial charge in [-0.1, -0.05) is 0 Å². The minimum Gasteiger partial charge on any atom is -0.493 e. The number of imidazole rings is 1. The highest BCUT2D eigenvalue weighted by molar-refractivity contribution is 5.92. The molecule has 0 fully saturated rings. The topological polar surface area (TPSA) is 275 Å². The fourth-order valence-electron chi connectivity index (χ4n) is 2.52. The number of nitrogens with zero attached hydrogens (tertiary/aromatic N) is 2. The first kappa shape index (κ1) is 26.0. The number of aliphatic carboxylic acids is 2. The van der Waals surface area contributed by atoms with Crippen LogP contribution in [0, 0.1) is 0 Å². The Morgan fingerprint density at radius 1 is 1.12 bits per heavy atom. The molecule has 1 aromatic rings. The summed E-state index contributed by atoms with van der Waals surface area (Å²) >= 11 is 0. The lowest BCUT2D eigenvalue weighted by atomic mass is 10.1. The van der Waals surface area contributed by atoms with Gasteiger partial charge < -0.3 is 47.5 Å². The van der Waals surface area contributed by atoms with Crippen LogP contribution in [0.25, 0.3) is 0 Å². The van der Waals surface area contributed by atoms with Gasteiger partial charge in [-0.05, 0) is 12.8 Å². The van der Waals surface area contributed by atoms with E-state index in [1.807, 2.05) is 5.32 Å². The number of nitrogens with two attached hydrogens (primary N) is 2. The fourth-order valence-corrected chi connectivity index (χ4v) is 2.52. The number of hydrogen-bond donors (Lipinski definition) is 9. The molecule has 0 saturated heterocycles. The predicted molar refractivity (Wildman–Crippen MR) is 107 cm³/mol. The van der Waals surface area contributed by atoms with E-state index in [1.54, 1.807) is 0 Å². The van der Waals surface area contributed by atoms with E-state index in [0.717, 1.165) is 0 Å². The number of aromatic hydroxyl groups is 1. The molecule has 16 nitrogen and oxygen atoms in total. The SMILES string of the molecule is NC(N)=NCCCc1[nH]c(=O)n(CC(=O)N[C@@H](CC(=O)O)C(=O)N[C@@H](CO)C(=O)O)c1O. The summed E-state index contributed by atoms with van der Waals surface area (Å²) in [5.41, 5.74) is 9.66. The third-order valence-electron chi connectivity index (χ3n) is 4.04. The van der Waals surface area contributed by atoms with Crippen molar-refractivity contribution in [1.82, 2.24) is 20.2 Å². The number of aliphatic hydroxyl groups is 1. The van der Waals surface area contributed by atoms with Crippen LogP contribution in [0.1, 0.15) is 18.5 Å². The van der Waals surface area contributed by atoms with Gasteiger partial charge in [0.15, 0.2) is 5.96 Å². The quantitative estimate of drug-likeness (QED) is 0.0771. The van der Waals surface area contributed by atoms with Crippen molar-refractivity contribution in [2.75, 3.05) is 13.2 Å². The van der Waals surface area contributed by atoms with Gasteiger partial charge in [-0.25, -0.2) is 9.59 Å². The molecule has 2 amide bonds. The fraction of sp³-hybridized carbons (Fsp3) is 0.500. The van der Waals surface area contributed by atoms with Crippen molar-refractivity contribution < 1.29 is 39.6 Å². The van der Waals surface area contributed by atoms with Crippen molar-refractivity contribution in [3.8, 4) is 5.88 Å². The highest BCUT2D eigenvalue weighted by Gasteiger charge is 2.28. The largest absolute Gasteiger partial charge is 0.493 e. The maximum absolute atomic E-state index is 12.3. The highest BCUT2D eigenvalue weighted by atomic mass is 16.4. The summed E-state index contributed by atoms with van der Waals surface area (Å²) in [5.74, 6) is -5.90. The minimum atomic E-state index is -1.71. The molecular weight excluding hydrogens is 434 g/mol. The Kier molecular flexibility index (Phi) is 9.68. The molecular formula is C16H25N7O9. The number of aryl methyl sites for hydroxylation is 1. The smallest absolute Gasteiger partial charge is 0.329 e. The molecule has 0 aliphatic carbocycles. The summed E-state index contributed by atoms with van der Waals surface area (Å²) in [5, 5.41) is 40.9. The molecule has 0 spiro atoms. The number of carboxylic acids is 2. The van der Waals surface area contributed by atoms with Crippen LogP contribution < -0.4 is 27.8 Å². The van der Waals surface area contributed by atoms with Crippen molar-refractivity contribution in [1.29, 1.82) is 0 Å². The monoisotopic (exact) mass is 459 g/mol. The second kappa shape index (κ2) is 11.9. The Balaban J connectivity index is 2.87. The standard InChI is InChI=1S/C16H25N7O9/c17-15(18)19-3-1-2-7-13(29)23(16(32)22-7)5-10(25)20-8(4-11(26)27)12(28)21-9(6-24)14(30)31/h8-9,24,29H,1-6H2,(H,20,25)(H,21,28)(H,22,32)(H,26,27)(H,30,31)(H4,17,18,19)/t8-,9-/m0/s1. The summed E-state index contributed by atoms with van der Waals surface area (Å²) in [6.45, 7) is -1.50. The van der Waals surface area contributed by atoms with Gasteiger partial charge in [0.2, 0.25) is 17.7 Å². The molecule has 0 saturated carbocycles. The van der Waals surface area contributed by atoms with Crippen LogP contribution in [-0.4, -0.2) is 84.9 Å². The van der Waals surface area contributed by atoms with Crippen molar-refractivity contribution in [2.24, 2.45) is 16.5 Å². The molecule has 178 valence electrons. The van der Waals surface area contributed by atoms with Gasteiger partial charge in [0.1, 0.15) is 18.6 Å². The zero-order chi connectivity index (χ0) is 24.4. The lowest BCUT2D eigenvalue weighted by Crippen LogP contribution is -2.53. The van der Waals surface area contributed by atoms with Gasteiger partial charge in [-0.3, -0.25) is 23.9 Å². The van der Waals surface area contributed by atoms with Crippen LogP contribution in [0.15, 0.2) is 9.79 Å².